The molecule has 1 aliphatic rings. The van der Waals surface area contributed by atoms with Crippen LogP contribution in [0.5, 0.6) is 0 Å². The molecule has 3 rings (SSSR count). The Labute approximate surface area is 113 Å². The standard InChI is InChI=1S/C17H18S/c1-3-12-5-6-13-10-14-7-8-16(4-2)18-17(14)11-15(13)9-12/h5-6,8-11H,3-4,7H2,1-2H3. The molecule has 0 amide bonds. The Morgan fingerprint density at radius 2 is 1.89 bits per heavy atom. The summed E-state index contributed by atoms with van der Waals surface area (Å²) in [5.74, 6) is 0. The Hall–Kier alpha value is -1.21. The van der Waals surface area contributed by atoms with Crippen molar-refractivity contribution < 1.29 is 0 Å². The molecule has 0 spiro atoms. The summed E-state index contributed by atoms with van der Waals surface area (Å²) in [6.45, 7) is 4.45. The van der Waals surface area contributed by atoms with Crippen molar-refractivity contribution in [3.8, 4) is 0 Å². The van der Waals surface area contributed by atoms with Gasteiger partial charge >= 0.3 is 0 Å². The van der Waals surface area contributed by atoms with Crippen molar-refractivity contribution in [2.45, 2.75) is 38.0 Å². The molecule has 1 aliphatic heterocycles. The molecular weight excluding hydrogens is 236 g/mol. The average Bonchev–Trinajstić information content (AvgIpc) is 2.43. The molecule has 0 saturated carbocycles. The normalized spacial score (nSPS) is 14.4. The third-order valence-electron chi connectivity index (χ3n) is 3.63. The Morgan fingerprint density at radius 3 is 2.67 bits per heavy atom. The zero-order valence-electron chi connectivity index (χ0n) is 11.0. The number of thioether (sulfide) groups is 1. The van der Waals surface area contributed by atoms with Gasteiger partial charge in [0.2, 0.25) is 0 Å². The van der Waals surface area contributed by atoms with Crippen molar-refractivity contribution in [3.05, 3.63) is 52.4 Å². The van der Waals surface area contributed by atoms with Crippen LogP contribution in [0.2, 0.25) is 0 Å². The highest BCUT2D eigenvalue weighted by atomic mass is 32.2. The van der Waals surface area contributed by atoms with Crippen molar-refractivity contribution in [1.82, 2.24) is 0 Å². The summed E-state index contributed by atoms with van der Waals surface area (Å²) < 4.78 is 0. The van der Waals surface area contributed by atoms with Crippen LogP contribution in [0.3, 0.4) is 0 Å². The molecule has 1 heteroatoms. The van der Waals surface area contributed by atoms with Gasteiger partial charge in [0.05, 0.1) is 0 Å². The van der Waals surface area contributed by atoms with Crippen LogP contribution in [0.4, 0.5) is 0 Å². The molecule has 0 unspecified atom stereocenters. The van der Waals surface area contributed by atoms with Gasteiger partial charge in [-0.05, 0) is 58.2 Å². The predicted octanol–water partition coefficient (Wildman–Crippen LogP) is 5.34. The average molecular weight is 254 g/mol. The predicted molar refractivity (Wildman–Crippen MR) is 81.3 cm³/mol. The van der Waals surface area contributed by atoms with E-state index in [0.29, 0.717) is 0 Å². The summed E-state index contributed by atoms with van der Waals surface area (Å²) in [6, 6.07) is 11.6. The minimum atomic E-state index is 1.09. The van der Waals surface area contributed by atoms with E-state index in [1.54, 1.807) is 0 Å². The van der Waals surface area contributed by atoms with Gasteiger partial charge in [-0.15, -0.1) is 0 Å². The maximum absolute atomic E-state index is 2.37. The lowest BCUT2D eigenvalue weighted by Gasteiger charge is -2.16. The third-order valence-corrected chi connectivity index (χ3v) is 4.95. The largest absolute Gasteiger partial charge is 0.0946 e. The minimum Gasteiger partial charge on any atom is -0.0946 e. The van der Waals surface area contributed by atoms with Crippen molar-refractivity contribution in [2.75, 3.05) is 0 Å². The van der Waals surface area contributed by atoms with E-state index < -0.39 is 0 Å². The number of benzene rings is 2. The van der Waals surface area contributed by atoms with E-state index in [1.807, 2.05) is 11.8 Å². The second-order valence-corrected chi connectivity index (χ2v) is 5.99. The van der Waals surface area contributed by atoms with Crippen LogP contribution in [0.25, 0.3) is 10.8 Å². The molecule has 0 bridgehead atoms. The number of allylic oxidation sites excluding steroid dienone is 2. The first-order valence-electron chi connectivity index (χ1n) is 6.72. The SMILES string of the molecule is CCC1=CCc2cc3ccc(CC)cc3cc2S1. The van der Waals surface area contributed by atoms with Crippen molar-refractivity contribution in [2.24, 2.45) is 0 Å². The highest BCUT2D eigenvalue weighted by molar-refractivity contribution is 8.03. The zero-order valence-corrected chi connectivity index (χ0v) is 11.8. The Morgan fingerprint density at radius 1 is 1.00 bits per heavy atom. The Kier molecular flexibility index (Phi) is 3.17. The fourth-order valence-corrected chi connectivity index (χ4v) is 3.52. The molecule has 92 valence electrons. The molecule has 0 aromatic heterocycles. The molecule has 2 aromatic carbocycles. The molecule has 0 saturated heterocycles. The van der Waals surface area contributed by atoms with Crippen LogP contribution < -0.4 is 0 Å². The summed E-state index contributed by atoms with van der Waals surface area (Å²) in [4.78, 5) is 2.96. The summed E-state index contributed by atoms with van der Waals surface area (Å²) in [5.41, 5.74) is 2.91. The van der Waals surface area contributed by atoms with Crippen LogP contribution in [0.15, 0.2) is 46.2 Å². The molecule has 0 radical (unpaired) electrons. The molecule has 0 atom stereocenters. The van der Waals surface area contributed by atoms with Crippen LogP contribution in [0, 0.1) is 0 Å². The lowest BCUT2D eigenvalue weighted by Crippen LogP contribution is -1.94. The summed E-state index contributed by atoms with van der Waals surface area (Å²) in [6.07, 6.45) is 5.73. The molecule has 1 heterocycles. The van der Waals surface area contributed by atoms with Gasteiger partial charge in [-0.3, -0.25) is 0 Å². The fourth-order valence-electron chi connectivity index (χ4n) is 2.47. The molecule has 0 N–H and O–H groups in total. The summed E-state index contributed by atoms with van der Waals surface area (Å²) in [7, 11) is 0. The number of fused-ring (bicyclic) bond motifs is 2. The third kappa shape index (κ3) is 2.08. The van der Waals surface area contributed by atoms with Gasteiger partial charge in [-0.25, -0.2) is 0 Å². The van der Waals surface area contributed by atoms with Gasteiger partial charge in [0.15, 0.2) is 0 Å². The first-order chi connectivity index (χ1) is 8.80. The monoisotopic (exact) mass is 254 g/mol. The van der Waals surface area contributed by atoms with E-state index in [1.165, 1.54) is 31.7 Å². The molecule has 2 aromatic rings. The molecular formula is C17H18S. The number of aryl methyl sites for hydroxylation is 1. The van der Waals surface area contributed by atoms with Gasteiger partial charge in [-0.1, -0.05) is 49.9 Å². The Bertz CT molecular complexity index is 623. The van der Waals surface area contributed by atoms with E-state index >= 15 is 0 Å². The molecule has 18 heavy (non-hydrogen) atoms. The zero-order chi connectivity index (χ0) is 12.5. The fraction of sp³-hybridized carbons (Fsp3) is 0.294. The lowest BCUT2D eigenvalue weighted by molar-refractivity contribution is 1.11. The smallest absolute Gasteiger partial charge is 0.0160 e. The van der Waals surface area contributed by atoms with Gasteiger partial charge in [0, 0.05) is 4.90 Å². The van der Waals surface area contributed by atoms with Gasteiger partial charge in [-0.2, -0.15) is 0 Å². The number of rotatable bonds is 2. The number of hydrogen-bond acceptors (Lipinski definition) is 1. The first kappa shape index (κ1) is 11.9. The summed E-state index contributed by atoms with van der Waals surface area (Å²) >= 11 is 1.95. The van der Waals surface area contributed by atoms with Gasteiger partial charge in [0.25, 0.3) is 0 Å². The lowest BCUT2D eigenvalue weighted by atomic mass is 10.0. The van der Waals surface area contributed by atoms with Crippen LogP contribution in [-0.2, 0) is 12.8 Å². The van der Waals surface area contributed by atoms with Crippen LogP contribution in [-0.4, -0.2) is 0 Å². The van der Waals surface area contributed by atoms with Gasteiger partial charge in [0.1, 0.15) is 0 Å². The highest BCUT2D eigenvalue weighted by Gasteiger charge is 2.11. The summed E-state index contributed by atoms with van der Waals surface area (Å²) in [5, 5.41) is 2.76. The first-order valence-corrected chi connectivity index (χ1v) is 7.54. The quantitative estimate of drug-likeness (QED) is 0.696. The van der Waals surface area contributed by atoms with E-state index in [-0.39, 0.29) is 0 Å². The van der Waals surface area contributed by atoms with E-state index in [9.17, 15) is 0 Å². The van der Waals surface area contributed by atoms with Crippen LogP contribution >= 0.6 is 11.8 Å². The second-order valence-electron chi connectivity index (χ2n) is 4.83. The molecule has 0 fully saturated rings. The van der Waals surface area contributed by atoms with Gasteiger partial charge < -0.3 is 0 Å². The molecule has 0 aliphatic carbocycles. The maximum atomic E-state index is 2.37. The second kappa shape index (κ2) is 4.81. The van der Waals surface area contributed by atoms with E-state index in [4.69, 9.17) is 0 Å². The van der Waals surface area contributed by atoms with E-state index in [0.717, 1.165) is 19.3 Å². The van der Waals surface area contributed by atoms with Crippen LogP contribution in [0.1, 0.15) is 31.4 Å². The highest BCUT2D eigenvalue weighted by Crippen LogP contribution is 2.38. The maximum Gasteiger partial charge on any atom is 0.0160 e. The topological polar surface area (TPSA) is 0 Å². The van der Waals surface area contributed by atoms with Crippen molar-refractivity contribution in [1.29, 1.82) is 0 Å². The van der Waals surface area contributed by atoms with Crippen molar-refractivity contribution in [3.63, 3.8) is 0 Å². The molecule has 0 nitrogen and oxygen atoms in total. The Balaban J connectivity index is 2.10. The van der Waals surface area contributed by atoms with E-state index in [2.05, 4.69) is 50.3 Å². The minimum absolute atomic E-state index is 1.09. The number of hydrogen-bond donors (Lipinski definition) is 0. The van der Waals surface area contributed by atoms with Crippen molar-refractivity contribution >= 4 is 22.5 Å².